The Morgan fingerprint density at radius 3 is 2.81 bits per heavy atom. The fourth-order valence-corrected chi connectivity index (χ4v) is 3.39. The lowest BCUT2D eigenvalue weighted by Gasteiger charge is -2.33. The first-order valence-corrected chi connectivity index (χ1v) is 8.39. The minimum atomic E-state index is -0.556. The Morgan fingerprint density at radius 1 is 1.23 bits per heavy atom. The highest BCUT2D eigenvalue weighted by Gasteiger charge is 2.25. The first kappa shape index (κ1) is 16.2. The van der Waals surface area contributed by atoms with Crippen molar-refractivity contribution in [3.8, 4) is 0 Å². The molecule has 0 aliphatic carbocycles. The molecule has 0 unspecified atom stereocenters. The molecule has 4 heterocycles. The number of fused-ring (bicyclic) bond motifs is 1. The van der Waals surface area contributed by atoms with E-state index in [1.165, 1.54) is 7.11 Å². The number of rotatable bonds is 3. The van der Waals surface area contributed by atoms with Gasteiger partial charge in [-0.3, -0.25) is 9.55 Å². The number of ether oxygens (including phenoxy) is 1. The second-order valence-electron chi connectivity index (χ2n) is 6.12. The quantitative estimate of drug-likeness (QED) is 0.703. The van der Waals surface area contributed by atoms with E-state index in [1.807, 2.05) is 12.1 Å². The van der Waals surface area contributed by atoms with Crippen LogP contribution in [0.3, 0.4) is 0 Å². The number of aromatic nitrogens is 5. The topological polar surface area (TPSA) is 106 Å². The van der Waals surface area contributed by atoms with E-state index >= 15 is 0 Å². The predicted molar refractivity (Wildman–Crippen MR) is 94.2 cm³/mol. The molecule has 9 nitrogen and oxygen atoms in total. The standard InChI is InChI=1S/C17H18N6O3/c1-26-16(24)15-19-8-4-13(20-15)22-9-5-11(6-10-22)23-12-3-2-7-18-14(12)21-17(23)25/h2-4,7-8,11H,5-6,9-10H2,1H3,(H,18,21,25). The second-order valence-corrected chi connectivity index (χ2v) is 6.12. The molecule has 3 aromatic rings. The molecule has 26 heavy (non-hydrogen) atoms. The molecule has 0 radical (unpaired) electrons. The molecule has 0 amide bonds. The average molecular weight is 354 g/mol. The number of methoxy groups -OCH3 is 1. The Hall–Kier alpha value is -3.23. The molecule has 3 aromatic heterocycles. The summed E-state index contributed by atoms with van der Waals surface area (Å²) in [6.07, 6.45) is 4.80. The van der Waals surface area contributed by atoms with Gasteiger partial charge in [0.2, 0.25) is 5.82 Å². The monoisotopic (exact) mass is 354 g/mol. The number of imidazole rings is 1. The number of H-pyrrole nitrogens is 1. The summed E-state index contributed by atoms with van der Waals surface area (Å²) in [4.78, 5) is 41.2. The molecule has 9 heteroatoms. The van der Waals surface area contributed by atoms with Crippen LogP contribution < -0.4 is 10.6 Å². The Labute approximate surface area is 148 Å². The lowest BCUT2D eigenvalue weighted by molar-refractivity contribution is 0.0586. The molecule has 1 aliphatic rings. The Bertz CT molecular complexity index is 1000. The number of hydrogen-bond acceptors (Lipinski definition) is 7. The summed E-state index contributed by atoms with van der Waals surface area (Å²) in [5.41, 5.74) is 1.30. The van der Waals surface area contributed by atoms with E-state index in [4.69, 9.17) is 0 Å². The minimum absolute atomic E-state index is 0.0473. The van der Waals surface area contributed by atoms with Crippen molar-refractivity contribution >= 4 is 23.0 Å². The first-order chi connectivity index (χ1) is 12.7. The van der Waals surface area contributed by atoms with Gasteiger partial charge in [0.15, 0.2) is 5.65 Å². The Kier molecular flexibility index (Phi) is 4.11. The summed E-state index contributed by atoms with van der Waals surface area (Å²) < 4.78 is 6.46. The van der Waals surface area contributed by atoms with Crippen molar-refractivity contribution in [1.82, 2.24) is 24.5 Å². The third-order valence-electron chi connectivity index (χ3n) is 4.65. The maximum atomic E-state index is 12.3. The van der Waals surface area contributed by atoms with Crippen molar-refractivity contribution in [3.63, 3.8) is 0 Å². The van der Waals surface area contributed by atoms with Crippen molar-refractivity contribution < 1.29 is 9.53 Å². The summed E-state index contributed by atoms with van der Waals surface area (Å²) in [5.74, 6) is 0.178. The van der Waals surface area contributed by atoms with Crippen LogP contribution in [0, 0.1) is 0 Å². The number of aromatic amines is 1. The number of carbonyl (C=O) groups is 1. The molecule has 1 saturated heterocycles. The normalized spacial score (nSPS) is 15.3. The van der Waals surface area contributed by atoms with Gasteiger partial charge in [0.1, 0.15) is 5.82 Å². The first-order valence-electron chi connectivity index (χ1n) is 8.39. The van der Waals surface area contributed by atoms with Crippen LogP contribution in [0.4, 0.5) is 5.82 Å². The largest absolute Gasteiger partial charge is 0.463 e. The number of pyridine rings is 1. The average Bonchev–Trinajstić information content (AvgIpc) is 3.03. The van der Waals surface area contributed by atoms with Gasteiger partial charge in [0.05, 0.1) is 12.6 Å². The zero-order valence-electron chi connectivity index (χ0n) is 14.3. The van der Waals surface area contributed by atoms with Crippen molar-refractivity contribution in [2.24, 2.45) is 0 Å². The zero-order chi connectivity index (χ0) is 18.1. The van der Waals surface area contributed by atoms with Gasteiger partial charge in [-0.05, 0) is 31.0 Å². The van der Waals surface area contributed by atoms with Crippen molar-refractivity contribution in [2.45, 2.75) is 18.9 Å². The molecule has 4 rings (SSSR count). The van der Waals surface area contributed by atoms with Crippen molar-refractivity contribution in [2.75, 3.05) is 25.1 Å². The molecule has 1 aliphatic heterocycles. The summed E-state index contributed by atoms with van der Waals surface area (Å²) in [5, 5.41) is 0. The molecule has 134 valence electrons. The summed E-state index contributed by atoms with van der Waals surface area (Å²) in [6, 6.07) is 5.60. The maximum absolute atomic E-state index is 12.3. The molecule has 1 fully saturated rings. The van der Waals surface area contributed by atoms with Gasteiger partial charge in [0, 0.05) is 31.5 Å². The number of hydrogen-bond donors (Lipinski definition) is 1. The van der Waals surface area contributed by atoms with E-state index in [-0.39, 0.29) is 17.6 Å². The SMILES string of the molecule is COC(=O)c1nccc(N2CCC(n3c(=O)[nH]c4ncccc43)CC2)n1. The maximum Gasteiger partial charge on any atom is 0.376 e. The van der Waals surface area contributed by atoms with Gasteiger partial charge in [-0.2, -0.15) is 0 Å². The predicted octanol–water partition coefficient (Wildman–Crippen LogP) is 1.14. The molecule has 0 aromatic carbocycles. The summed E-state index contributed by atoms with van der Waals surface area (Å²) in [6.45, 7) is 1.45. The van der Waals surface area contributed by atoms with Crippen LogP contribution in [0.15, 0.2) is 35.4 Å². The van der Waals surface area contributed by atoms with Crippen LogP contribution >= 0.6 is 0 Å². The highest BCUT2D eigenvalue weighted by atomic mass is 16.5. The number of esters is 1. The fraction of sp³-hybridized carbons (Fsp3) is 0.353. The molecule has 1 N–H and O–H groups in total. The van der Waals surface area contributed by atoms with Gasteiger partial charge >= 0.3 is 11.7 Å². The number of nitrogens with one attached hydrogen (secondary N) is 1. The lowest BCUT2D eigenvalue weighted by Crippen LogP contribution is -2.37. The van der Waals surface area contributed by atoms with Crippen LogP contribution in [0.5, 0.6) is 0 Å². The third-order valence-corrected chi connectivity index (χ3v) is 4.65. The number of carbonyl (C=O) groups excluding carboxylic acids is 1. The van der Waals surface area contributed by atoms with E-state index in [2.05, 4.69) is 29.6 Å². The zero-order valence-corrected chi connectivity index (χ0v) is 14.3. The van der Waals surface area contributed by atoms with Gasteiger partial charge in [-0.25, -0.2) is 24.5 Å². The minimum Gasteiger partial charge on any atom is -0.463 e. The Balaban J connectivity index is 1.53. The van der Waals surface area contributed by atoms with E-state index < -0.39 is 5.97 Å². The van der Waals surface area contributed by atoms with Gasteiger partial charge in [-0.1, -0.05) is 0 Å². The summed E-state index contributed by atoms with van der Waals surface area (Å²) in [7, 11) is 1.30. The summed E-state index contributed by atoms with van der Waals surface area (Å²) >= 11 is 0. The van der Waals surface area contributed by atoms with Crippen LogP contribution in [0.25, 0.3) is 11.2 Å². The highest BCUT2D eigenvalue weighted by molar-refractivity contribution is 5.85. The van der Waals surface area contributed by atoms with Crippen molar-refractivity contribution in [1.29, 1.82) is 0 Å². The van der Waals surface area contributed by atoms with Crippen LogP contribution in [-0.4, -0.2) is 50.7 Å². The molecule has 0 bridgehead atoms. The third kappa shape index (κ3) is 2.81. The van der Waals surface area contributed by atoms with E-state index in [9.17, 15) is 9.59 Å². The highest BCUT2D eigenvalue weighted by Crippen LogP contribution is 2.26. The van der Waals surface area contributed by atoms with Crippen LogP contribution in [0.1, 0.15) is 29.5 Å². The smallest absolute Gasteiger partial charge is 0.376 e. The number of anilines is 1. The molecular formula is C17H18N6O3. The number of piperidine rings is 1. The molecule has 0 atom stereocenters. The fourth-order valence-electron chi connectivity index (χ4n) is 3.39. The second kappa shape index (κ2) is 6.58. The van der Waals surface area contributed by atoms with Crippen LogP contribution in [-0.2, 0) is 4.74 Å². The van der Waals surface area contributed by atoms with Crippen molar-refractivity contribution in [3.05, 3.63) is 46.9 Å². The number of nitrogens with zero attached hydrogens (tertiary/aromatic N) is 5. The van der Waals surface area contributed by atoms with Gasteiger partial charge in [0.25, 0.3) is 0 Å². The molecule has 0 saturated carbocycles. The van der Waals surface area contributed by atoms with Gasteiger partial charge in [-0.15, -0.1) is 0 Å². The lowest BCUT2D eigenvalue weighted by atomic mass is 10.0. The Morgan fingerprint density at radius 2 is 2.04 bits per heavy atom. The van der Waals surface area contributed by atoms with E-state index in [0.29, 0.717) is 11.5 Å². The molecular weight excluding hydrogens is 336 g/mol. The van der Waals surface area contributed by atoms with Gasteiger partial charge < -0.3 is 9.64 Å². The van der Waals surface area contributed by atoms with E-state index in [1.54, 1.807) is 23.0 Å². The van der Waals surface area contributed by atoms with Crippen LogP contribution in [0.2, 0.25) is 0 Å². The van der Waals surface area contributed by atoms with E-state index in [0.717, 1.165) is 31.4 Å². The molecule has 0 spiro atoms.